The Morgan fingerprint density at radius 2 is 1.15 bits per heavy atom. The standard InChI is InChI=1S/C36H22N4/c1-2-9-31-28(8-1)34(29-18-17-23-7-6-20-38-35(23)36(29)40-31)27-16-14-24-21-26(15-13-25(24)22-27)30-11-5-12-33(39-30)32-10-3-4-19-37-32/h1-22H. The van der Waals surface area contributed by atoms with Crippen LogP contribution < -0.4 is 0 Å². The molecule has 0 atom stereocenters. The lowest BCUT2D eigenvalue weighted by Gasteiger charge is -2.14. The Kier molecular flexibility index (Phi) is 5.10. The molecule has 0 bridgehead atoms. The molecule has 0 unspecified atom stereocenters. The maximum Gasteiger partial charge on any atom is 0.0978 e. The first kappa shape index (κ1) is 22.5. The van der Waals surface area contributed by atoms with Crippen molar-refractivity contribution in [2.45, 2.75) is 0 Å². The molecule has 8 aromatic rings. The highest BCUT2D eigenvalue weighted by molar-refractivity contribution is 6.16. The Morgan fingerprint density at radius 1 is 0.400 bits per heavy atom. The molecule has 0 radical (unpaired) electrons. The number of hydrogen-bond donors (Lipinski definition) is 0. The molecule has 40 heavy (non-hydrogen) atoms. The second kappa shape index (κ2) is 9.07. The van der Waals surface area contributed by atoms with Crippen LogP contribution >= 0.6 is 0 Å². The summed E-state index contributed by atoms with van der Waals surface area (Å²) in [5.41, 5.74) is 8.92. The first-order chi connectivity index (χ1) is 19.8. The largest absolute Gasteiger partial charge is 0.255 e. The van der Waals surface area contributed by atoms with Gasteiger partial charge in [0.25, 0.3) is 0 Å². The molecule has 8 rings (SSSR count). The first-order valence-corrected chi connectivity index (χ1v) is 13.3. The Labute approximate surface area is 230 Å². The maximum atomic E-state index is 5.05. The van der Waals surface area contributed by atoms with Crippen LogP contribution in [0, 0.1) is 0 Å². The van der Waals surface area contributed by atoms with E-state index in [0.29, 0.717) is 0 Å². The number of fused-ring (bicyclic) bond motifs is 5. The van der Waals surface area contributed by atoms with Crippen molar-refractivity contribution < 1.29 is 0 Å². The van der Waals surface area contributed by atoms with E-state index in [-0.39, 0.29) is 0 Å². The lowest BCUT2D eigenvalue weighted by Crippen LogP contribution is -1.92. The van der Waals surface area contributed by atoms with Crippen LogP contribution in [0.3, 0.4) is 0 Å². The summed E-state index contributed by atoms with van der Waals surface area (Å²) in [6.45, 7) is 0. The van der Waals surface area contributed by atoms with E-state index in [9.17, 15) is 0 Å². The molecule has 0 N–H and O–H groups in total. The quantitative estimate of drug-likeness (QED) is 0.176. The topological polar surface area (TPSA) is 51.6 Å². The van der Waals surface area contributed by atoms with Gasteiger partial charge in [-0.2, -0.15) is 0 Å². The zero-order valence-corrected chi connectivity index (χ0v) is 21.5. The van der Waals surface area contributed by atoms with Crippen LogP contribution in [-0.4, -0.2) is 19.9 Å². The summed E-state index contributed by atoms with van der Waals surface area (Å²) >= 11 is 0. The third kappa shape index (κ3) is 3.69. The average molecular weight is 511 g/mol. The highest BCUT2D eigenvalue weighted by atomic mass is 14.8. The number of hydrogen-bond acceptors (Lipinski definition) is 4. The Hall–Kier alpha value is -5.48. The summed E-state index contributed by atoms with van der Waals surface area (Å²) in [6, 6.07) is 42.0. The molecular formula is C36H22N4. The number of rotatable bonds is 3. The van der Waals surface area contributed by atoms with Crippen molar-refractivity contribution in [3.63, 3.8) is 0 Å². The summed E-state index contributed by atoms with van der Waals surface area (Å²) in [4.78, 5) is 19.1. The van der Waals surface area contributed by atoms with Crippen LogP contribution in [-0.2, 0) is 0 Å². The summed E-state index contributed by atoms with van der Waals surface area (Å²) < 4.78 is 0. The third-order valence-electron chi connectivity index (χ3n) is 7.52. The molecule has 4 aromatic heterocycles. The summed E-state index contributed by atoms with van der Waals surface area (Å²) in [7, 11) is 0. The van der Waals surface area contributed by atoms with Gasteiger partial charge < -0.3 is 0 Å². The molecule has 186 valence electrons. The minimum absolute atomic E-state index is 0.868. The number of pyridine rings is 4. The normalized spacial score (nSPS) is 11.5. The predicted octanol–water partition coefficient (Wildman–Crippen LogP) is 8.88. The summed E-state index contributed by atoms with van der Waals surface area (Å²) in [5.74, 6) is 0. The number of benzene rings is 4. The maximum absolute atomic E-state index is 5.05. The van der Waals surface area contributed by atoms with E-state index in [1.165, 1.54) is 16.3 Å². The van der Waals surface area contributed by atoms with Gasteiger partial charge in [-0.25, -0.2) is 9.97 Å². The molecule has 0 amide bonds. The van der Waals surface area contributed by atoms with E-state index < -0.39 is 0 Å². The van der Waals surface area contributed by atoms with E-state index in [1.54, 1.807) is 6.20 Å². The van der Waals surface area contributed by atoms with Gasteiger partial charge in [-0.15, -0.1) is 0 Å². The zero-order chi connectivity index (χ0) is 26.5. The van der Waals surface area contributed by atoms with Gasteiger partial charge in [-0.05, 0) is 64.9 Å². The Balaban J connectivity index is 1.28. The highest BCUT2D eigenvalue weighted by Crippen LogP contribution is 2.38. The van der Waals surface area contributed by atoms with Gasteiger partial charge in [0.15, 0.2) is 0 Å². The van der Waals surface area contributed by atoms with E-state index >= 15 is 0 Å². The monoisotopic (exact) mass is 510 g/mol. The van der Waals surface area contributed by atoms with Crippen molar-refractivity contribution in [2.75, 3.05) is 0 Å². The van der Waals surface area contributed by atoms with Crippen molar-refractivity contribution in [1.82, 2.24) is 19.9 Å². The van der Waals surface area contributed by atoms with Gasteiger partial charge in [0.2, 0.25) is 0 Å². The molecule has 0 spiro atoms. The average Bonchev–Trinajstić information content (AvgIpc) is 3.03. The van der Waals surface area contributed by atoms with Crippen molar-refractivity contribution in [3.05, 3.63) is 134 Å². The first-order valence-electron chi connectivity index (χ1n) is 13.3. The van der Waals surface area contributed by atoms with Gasteiger partial charge >= 0.3 is 0 Å². The van der Waals surface area contributed by atoms with E-state index in [4.69, 9.17) is 15.0 Å². The fourth-order valence-corrected chi connectivity index (χ4v) is 5.62. The zero-order valence-electron chi connectivity index (χ0n) is 21.5. The van der Waals surface area contributed by atoms with Crippen LogP contribution in [0.4, 0.5) is 0 Å². The van der Waals surface area contributed by atoms with Crippen LogP contribution in [0.5, 0.6) is 0 Å². The van der Waals surface area contributed by atoms with Crippen molar-refractivity contribution in [2.24, 2.45) is 0 Å². The molecule has 0 fully saturated rings. The fraction of sp³-hybridized carbons (Fsp3) is 0. The molecule has 4 heteroatoms. The van der Waals surface area contributed by atoms with Gasteiger partial charge in [0, 0.05) is 39.7 Å². The fourth-order valence-electron chi connectivity index (χ4n) is 5.62. The minimum atomic E-state index is 0.868. The molecule has 0 aliphatic rings. The van der Waals surface area contributed by atoms with Crippen molar-refractivity contribution >= 4 is 43.5 Å². The van der Waals surface area contributed by atoms with Gasteiger partial charge in [-0.1, -0.05) is 72.8 Å². The molecule has 0 saturated heterocycles. The van der Waals surface area contributed by atoms with Gasteiger partial charge in [0.05, 0.1) is 33.6 Å². The van der Waals surface area contributed by atoms with Crippen LogP contribution in [0.25, 0.3) is 77.3 Å². The number of aromatic nitrogens is 4. The SMILES string of the molecule is c1ccc(-c2cccc(-c3ccc4cc(-c5c6ccccc6nc6c5ccc5cccnc56)ccc4c3)n2)nc1. The molecule has 4 heterocycles. The van der Waals surface area contributed by atoms with Crippen molar-refractivity contribution in [1.29, 1.82) is 0 Å². The highest BCUT2D eigenvalue weighted by Gasteiger charge is 2.14. The van der Waals surface area contributed by atoms with Gasteiger partial charge in [0.1, 0.15) is 0 Å². The van der Waals surface area contributed by atoms with E-state index in [2.05, 4.69) is 83.8 Å². The molecule has 0 saturated carbocycles. The molecular weight excluding hydrogens is 488 g/mol. The lowest BCUT2D eigenvalue weighted by atomic mass is 9.93. The van der Waals surface area contributed by atoms with Crippen molar-refractivity contribution in [3.8, 4) is 33.8 Å². The van der Waals surface area contributed by atoms with E-state index in [1.807, 2.05) is 48.7 Å². The van der Waals surface area contributed by atoms with Crippen LogP contribution in [0.1, 0.15) is 0 Å². The van der Waals surface area contributed by atoms with E-state index in [0.717, 1.165) is 60.9 Å². The smallest absolute Gasteiger partial charge is 0.0978 e. The molecule has 4 aromatic carbocycles. The second-order valence-corrected chi connectivity index (χ2v) is 9.94. The summed E-state index contributed by atoms with van der Waals surface area (Å²) in [6.07, 6.45) is 3.64. The molecule has 0 aliphatic heterocycles. The Bertz CT molecular complexity index is 2220. The molecule has 0 aliphatic carbocycles. The second-order valence-electron chi connectivity index (χ2n) is 9.94. The number of nitrogens with zero attached hydrogens (tertiary/aromatic N) is 4. The third-order valence-corrected chi connectivity index (χ3v) is 7.52. The lowest BCUT2D eigenvalue weighted by molar-refractivity contribution is 1.25. The minimum Gasteiger partial charge on any atom is -0.255 e. The number of para-hydroxylation sites is 1. The predicted molar refractivity (Wildman–Crippen MR) is 164 cm³/mol. The van der Waals surface area contributed by atoms with Crippen LogP contribution in [0.15, 0.2) is 134 Å². The van der Waals surface area contributed by atoms with Crippen LogP contribution in [0.2, 0.25) is 0 Å². The van der Waals surface area contributed by atoms with Gasteiger partial charge in [-0.3, -0.25) is 9.97 Å². The Morgan fingerprint density at radius 3 is 2.05 bits per heavy atom. The molecule has 4 nitrogen and oxygen atoms in total. The summed E-state index contributed by atoms with van der Waals surface area (Å²) in [5, 5.41) is 5.68.